The molecule has 4 rings (SSSR count). The monoisotopic (exact) mass is 435 g/mol. The maximum atomic E-state index is 13.7. The minimum atomic E-state index is -0.828. The van der Waals surface area contributed by atoms with Gasteiger partial charge in [0.15, 0.2) is 5.78 Å². The van der Waals surface area contributed by atoms with Crippen LogP contribution < -0.4 is 14.8 Å². The van der Waals surface area contributed by atoms with E-state index in [1.54, 1.807) is 42.5 Å². The van der Waals surface area contributed by atoms with Crippen LogP contribution in [0.1, 0.15) is 28.9 Å². The largest absolute Gasteiger partial charge is 0.496 e. The van der Waals surface area contributed by atoms with E-state index < -0.39 is 17.8 Å². The van der Waals surface area contributed by atoms with Crippen molar-refractivity contribution in [3.63, 3.8) is 0 Å². The maximum absolute atomic E-state index is 13.7. The van der Waals surface area contributed by atoms with Crippen molar-refractivity contribution in [2.45, 2.75) is 13.0 Å². The number of esters is 1. The van der Waals surface area contributed by atoms with Gasteiger partial charge in [-0.15, -0.1) is 0 Å². The van der Waals surface area contributed by atoms with E-state index in [9.17, 15) is 9.59 Å². The Hall–Kier alpha value is -4.21. The van der Waals surface area contributed by atoms with Gasteiger partial charge in [0.1, 0.15) is 23.2 Å². The summed E-state index contributed by atoms with van der Waals surface area (Å²) in [5.41, 5.74) is 1.07. The number of ether oxygens (including phenoxy) is 3. The molecule has 1 aromatic heterocycles. The number of aromatic nitrogens is 4. The molecule has 1 N–H and O–H groups in total. The highest BCUT2D eigenvalue weighted by Crippen LogP contribution is 2.40. The summed E-state index contributed by atoms with van der Waals surface area (Å²) in [5, 5.41) is 14.5. The first kappa shape index (κ1) is 21.0. The molecule has 0 spiro atoms. The third-order valence-corrected chi connectivity index (χ3v) is 5.01. The van der Waals surface area contributed by atoms with Gasteiger partial charge >= 0.3 is 5.97 Å². The summed E-state index contributed by atoms with van der Waals surface area (Å²) < 4.78 is 17.4. The van der Waals surface area contributed by atoms with Crippen LogP contribution >= 0.6 is 0 Å². The van der Waals surface area contributed by atoms with Crippen LogP contribution in [-0.4, -0.2) is 52.8 Å². The Labute approximate surface area is 183 Å². The lowest BCUT2D eigenvalue weighted by molar-refractivity contribution is -0.136. The van der Waals surface area contributed by atoms with E-state index in [-0.39, 0.29) is 17.2 Å². The lowest BCUT2D eigenvalue weighted by Crippen LogP contribution is -2.33. The molecule has 164 valence electrons. The number of hydrogen-bond acceptors (Lipinski definition) is 9. The second-order valence-corrected chi connectivity index (χ2v) is 6.78. The summed E-state index contributed by atoms with van der Waals surface area (Å²) in [6, 6.07) is 13.0. The zero-order valence-corrected chi connectivity index (χ0v) is 17.7. The van der Waals surface area contributed by atoms with Gasteiger partial charge < -0.3 is 19.5 Å². The number of nitrogens with zero attached hydrogens (tertiary/aromatic N) is 4. The fraction of sp³-hybridized carbons (Fsp3) is 0.227. The van der Waals surface area contributed by atoms with Gasteiger partial charge in [0.2, 0.25) is 5.95 Å². The van der Waals surface area contributed by atoms with Crippen LogP contribution in [0.2, 0.25) is 0 Å². The lowest BCUT2D eigenvalue weighted by atomic mass is 9.89. The quantitative estimate of drug-likeness (QED) is 0.441. The molecule has 0 saturated heterocycles. The molecule has 32 heavy (non-hydrogen) atoms. The van der Waals surface area contributed by atoms with Crippen molar-refractivity contribution in [2.24, 2.45) is 0 Å². The smallest absolute Gasteiger partial charge is 0.355 e. The zero-order chi connectivity index (χ0) is 22.7. The number of rotatable bonds is 7. The van der Waals surface area contributed by atoms with Crippen LogP contribution in [0.4, 0.5) is 5.95 Å². The normalized spacial score (nSPS) is 14.9. The number of methoxy groups -OCH3 is 2. The van der Waals surface area contributed by atoms with Crippen LogP contribution in [0.3, 0.4) is 0 Å². The molecule has 0 fully saturated rings. The molecule has 0 unspecified atom stereocenters. The minimum Gasteiger partial charge on any atom is -0.496 e. The Balaban J connectivity index is 1.91. The number of allylic oxidation sites excluding steroid dienone is 1. The van der Waals surface area contributed by atoms with E-state index in [0.29, 0.717) is 29.2 Å². The average molecular weight is 435 g/mol. The number of tetrazole rings is 1. The third kappa shape index (κ3) is 3.66. The molecule has 10 heteroatoms. The number of anilines is 1. The summed E-state index contributed by atoms with van der Waals surface area (Å²) in [7, 11) is 2.77. The Morgan fingerprint density at radius 2 is 1.84 bits per heavy atom. The van der Waals surface area contributed by atoms with Crippen molar-refractivity contribution in [3.8, 4) is 11.5 Å². The Kier molecular flexibility index (Phi) is 5.84. The number of carbonyl (C=O) groups excluding carboxylic acids is 2. The molecule has 1 atom stereocenters. The second kappa shape index (κ2) is 8.88. The summed E-state index contributed by atoms with van der Waals surface area (Å²) in [4.78, 5) is 26.4. The Morgan fingerprint density at radius 3 is 2.53 bits per heavy atom. The van der Waals surface area contributed by atoms with E-state index in [1.165, 1.54) is 18.9 Å². The maximum Gasteiger partial charge on any atom is 0.355 e. The summed E-state index contributed by atoms with van der Waals surface area (Å²) in [6.45, 7) is 2.38. The van der Waals surface area contributed by atoms with Crippen molar-refractivity contribution in [2.75, 3.05) is 26.1 Å². The Morgan fingerprint density at radius 1 is 1.09 bits per heavy atom. The van der Waals surface area contributed by atoms with E-state index in [1.807, 2.05) is 13.0 Å². The van der Waals surface area contributed by atoms with Crippen LogP contribution in [0.25, 0.3) is 0 Å². The van der Waals surface area contributed by atoms with Gasteiger partial charge in [-0.1, -0.05) is 23.3 Å². The van der Waals surface area contributed by atoms with Crippen LogP contribution in [0.15, 0.2) is 59.8 Å². The molecule has 1 aliphatic rings. The van der Waals surface area contributed by atoms with Crippen LogP contribution in [-0.2, 0) is 9.53 Å². The zero-order valence-electron chi connectivity index (χ0n) is 17.7. The van der Waals surface area contributed by atoms with Crippen LogP contribution in [0, 0.1) is 0 Å². The number of nitrogens with one attached hydrogen (secondary N) is 1. The molecule has 0 amide bonds. The molecular weight excluding hydrogens is 414 g/mol. The van der Waals surface area contributed by atoms with E-state index >= 15 is 0 Å². The van der Waals surface area contributed by atoms with Crippen molar-refractivity contribution in [1.82, 2.24) is 20.2 Å². The molecule has 3 aromatic rings. The highest BCUT2D eigenvalue weighted by molar-refractivity contribution is 6.15. The van der Waals surface area contributed by atoms with Gasteiger partial charge in [0.05, 0.1) is 26.4 Å². The van der Waals surface area contributed by atoms with E-state index in [0.717, 1.165) is 0 Å². The van der Waals surface area contributed by atoms with Gasteiger partial charge in [-0.25, -0.2) is 4.79 Å². The van der Waals surface area contributed by atoms with Crippen LogP contribution in [0.5, 0.6) is 11.5 Å². The molecule has 0 radical (unpaired) electrons. The fourth-order valence-corrected chi connectivity index (χ4v) is 3.59. The number of hydrogen-bond donors (Lipinski definition) is 1. The topological polar surface area (TPSA) is 117 Å². The van der Waals surface area contributed by atoms with Gasteiger partial charge in [-0.2, -0.15) is 4.68 Å². The first-order valence-corrected chi connectivity index (χ1v) is 9.86. The highest BCUT2D eigenvalue weighted by Gasteiger charge is 2.39. The van der Waals surface area contributed by atoms with Gasteiger partial charge in [-0.3, -0.25) is 4.79 Å². The van der Waals surface area contributed by atoms with Crippen molar-refractivity contribution in [3.05, 3.63) is 70.9 Å². The number of carbonyl (C=O) groups is 2. The highest BCUT2D eigenvalue weighted by atomic mass is 16.5. The predicted molar refractivity (Wildman–Crippen MR) is 114 cm³/mol. The first-order chi connectivity index (χ1) is 15.6. The molecular formula is C22H21N5O5. The Bertz CT molecular complexity index is 1190. The molecule has 2 aromatic carbocycles. The first-order valence-electron chi connectivity index (χ1n) is 9.86. The molecule has 0 aliphatic carbocycles. The average Bonchev–Trinajstić information content (AvgIpc) is 3.31. The summed E-state index contributed by atoms with van der Waals surface area (Å²) in [6.07, 6.45) is 0. The SMILES string of the molecule is CCOc1ccc(C(=O)C2=C(C(=O)OC)Nc3nnnn3[C@H]2c2ccccc2OC)cc1. The number of fused-ring (bicyclic) bond motifs is 1. The lowest BCUT2D eigenvalue weighted by Gasteiger charge is -2.29. The predicted octanol–water partition coefficient (Wildman–Crippen LogP) is 2.41. The standard InChI is InChI=1S/C22H21N5O5/c1-4-32-14-11-9-13(10-12-14)20(28)17-18(21(29)31-3)23-22-24-25-26-27(22)19(17)15-7-5-6-8-16(15)30-2/h5-12,19H,4H2,1-3H3,(H,23,24,26)/t19-/m0/s1. The molecule has 0 saturated carbocycles. The molecule has 1 aliphatic heterocycles. The molecule has 0 bridgehead atoms. The van der Waals surface area contributed by atoms with Gasteiger partial charge in [-0.05, 0) is 47.7 Å². The van der Waals surface area contributed by atoms with Gasteiger partial charge in [0, 0.05) is 11.1 Å². The molecule has 10 nitrogen and oxygen atoms in total. The van der Waals surface area contributed by atoms with Crippen molar-refractivity contribution < 1.29 is 23.8 Å². The number of Topliss-reactive ketones (excluding diaryl/α,β-unsaturated/α-hetero) is 1. The van der Waals surface area contributed by atoms with Gasteiger partial charge in [0.25, 0.3) is 0 Å². The van der Waals surface area contributed by atoms with E-state index in [4.69, 9.17) is 14.2 Å². The summed E-state index contributed by atoms with van der Waals surface area (Å²) >= 11 is 0. The van der Waals surface area contributed by atoms with Crippen molar-refractivity contribution >= 4 is 17.7 Å². The second-order valence-electron chi connectivity index (χ2n) is 6.78. The third-order valence-electron chi connectivity index (χ3n) is 5.01. The fourth-order valence-electron chi connectivity index (χ4n) is 3.59. The summed E-state index contributed by atoms with van der Waals surface area (Å²) in [5.74, 6) is 0.245. The van der Waals surface area contributed by atoms with E-state index in [2.05, 4.69) is 20.8 Å². The number of ketones is 1. The minimum absolute atomic E-state index is 0.0374. The van der Waals surface area contributed by atoms with Crippen molar-refractivity contribution in [1.29, 1.82) is 0 Å². The number of para-hydroxylation sites is 1. The molecule has 2 heterocycles. The number of benzene rings is 2.